The maximum absolute atomic E-state index is 12.7. The predicted molar refractivity (Wildman–Crippen MR) is 43.3 cm³/mol. The fourth-order valence-corrected chi connectivity index (χ4v) is 0.883. The van der Waals surface area contributed by atoms with Gasteiger partial charge in [0.2, 0.25) is 0 Å². The number of rotatable bonds is 1. The second-order valence-electron chi connectivity index (χ2n) is 3.01. The highest BCUT2D eigenvalue weighted by molar-refractivity contribution is 5.25. The molecule has 0 fully saturated rings. The van der Waals surface area contributed by atoms with Gasteiger partial charge in [0.05, 0.1) is 0 Å². The molecule has 0 bridgehead atoms. The average molecular weight is 171 g/mol. The Balaban J connectivity index is 3.14. The monoisotopic (exact) mass is 171 g/mol. The van der Waals surface area contributed by atoms with Gasteiger partial charge in [0, 0.05) is 24.4 Å². The summed E-state index contributed by atoms with van der Waals surface area (Å²) in [7, 11) is 0. The molecule has 0 unspecified atom stereocenters. The summed E-state index contributed by atoms with van der Waals surface area (Å²) in [6, 6.07) is 1.47. The number of aromatic nitrogens is 1. The molecule has 66 valence electrons. The smallest absolute Gasteiger partial charge is 0.261 e. The number of hydrogen-bond donors (Lipinski definition) is 0. The third kappa shape index (κ3) is 1.78. The minimum Gasteiger partial charge on any atom is -0.261 e. The molecule has 0 radical (unpaired) electrons. The third-order valence-electron chi connectivity index (χ3n) is 1.85. The molecular formula is C9H11F2N. The molecule has 0 aliphatic carbocycles. The van der Waals surface area contributed by atoms with Crippen molar-refractivity contribution in [3.63, 3.8) is 0 Å². The maximum atomic E-state index is 12.7. The van der Waals surface area contributed by atoms with Crippen LogP contribution in [0, 0.1) is 13.8 Å². The van der Waals surface area contributed by atoms with E-state index in [0.29, 0.717) is 0 Å². The maximum Gasteiger partial charge on any atom is 0.272 e. The van der Waals surface area contributed by atoms with Crippen LogP contribution in [0.25, 0.3) is 0 Å². The fraction of sp³-hybridized carbons (Fsp3) is 0.444. The van der Waals surface area contributed by atoms with Crippen LogP contribution in [0.15, 0.2) is 12.3 Å². The van der Waals surface area contributed by atoms with E-state index in [2.05, 4.69) is 4.98 Å². The van der Waals surface area contributed by atoms with E-state index in [9.17, 15) is 8.78 Å². The Morgan fingerprint density at radius 2 is 1.92 bits per heavy atom. The molecule has 0 aliphatic heterocycles. The molecule has 1 aromatic heterocycles. The molecular weight excluding hydrogens is 160 g/mol. The van der Waals surface area contributed by atoms with E-state index >= 15 is 0 Å². The first kappa shape index (κ1) is 9.10. The van der Waals surface area contributed by atoms with Crippen LogP contribution in [0.3, 0.4) is 0 Å². The zero-order chi connectivity index (χ0) is 9.35. The third-order valence-corrected chi connectivity index (χ3v) is 1.85. The van der Waals surface area contributed by atoms with Crippen molar-refractivity contribution in [1.82, 2.24) is 4.98 Å². The topological polar surface area (TPSA) is 12.9 Å². The Morgan fingerprint density at radius 3 is 2.33 bits per heavy atom. The summed E-state index contributed by atoms with van der Waals surface area (Å²) >= 11 is 0. The van der Waals surface area contributed by atoms with Gasteiger partial charge in [0.15, 0.2) is 0 Å². The van der Waals surface area contributed by atoms with Gasteiger partial charge in [-0.25, -0.2) is 8.78 Å². The van der Waals surface area contributed by atoms with Crippen LogP contribution in [-0.2, 0) is 5.92 Å². The summed E-state index contributed by atoms with van der Waals surface area (Å²) in [5, 5.41) is 0. The van der Waals surface area contributed by atoms with E-state index in [1.807, 2.05) is 0 Å². The van der Waals surface area contributed by atoms with Crippen molar-refractivity contribution < 1.29 is 8.78 Å². The predicted octanol–water partition coefficient (Wildman–Crippen LogP) is 2.81. The quantitative estimate of drug-likeness (QED) is 0.633. The summed E-state index contributed by atoms with van der Waals surface area (Å²) in [4.78, 5) is 3.87. The van der Waals surface area contributed by atoms with E-state index in [4.69, 9.17) is 0 Å². The second kappa shape index (κ2) is 2.81. The lowest BCUT2D eigenvalue weighted by Crippen LogP contribution is -2.08. The zero-order valence-corrected chi connectivity index (χ0v) is 7.36. The van der Waals surface area contributed by atoms with Crippen LogP contribution < -0.4 is 0 Å². The van der Waals surface area contributed by atoms with E-state index in [1.165, 1.54) is 12.3 Å². The number of alkyl halides is 2. The summed E-state index contributed by atoms with van der Waals surface area (Å²) in [6.07, 6.45) is 1.22. The first-order chi connectivity index (χ1) is 5.41. The number of nitrogens with zero attached hydrogens (tertiary/aromatic N) is 1. The second-order valence-corrected chi connectivity index (χ2v) is 3.01. The first-order valence-electron chi connectivity index (χ1n) is 3.73. The fourth-order valence-electron chi connectivity index (χ4n) is 0.883. The van der Waals surface area contributed by atoms with Crippen LogP contribution >= 0.6 is 0 Å². The molecule has 0 saturated heterocycles. The Kier molecular flexibility index (Phi) is 2.13. The summed E-state index contributed by atoms with van der Waals surface area (Å²) in [6.45, 7) is 4.45. The van der Waals surface area contributed by atoms with Crippen molar-refractivity contribution in [1.29, 1.82) is 0 Å². The number of hydrogen-bond acceptors (Lipinski definition) is 1. The summed E-state index contributed by atoms with van der Waals surface area (Å²) in [5.74, 6) is -2.79. The molecule has 3 heteroatoms. The average Bonchev–Trinajstić information content (AvgIpc) is 1.92. The highest BCUT2D eigenvalue weighted by Crippen LogP contribution is 2.26. The highest BCUT2D eigenvalue weighted by atomic mass is 19.3. The van der Waals surface area contributed by atoms with Gasteiger partial charge >= 0.3 is 0 Å². The van der Waals surface area contributed by atoms with Gasteiger partial charge in [-0.15, -0.1) is 0 Å². The van der Waals surface area contributed by atoms with Gasteiger partial charge in [-0.2, -0.15) is 0 Å². The minimum atomic E-state index is -2.79. The lowest BCUT2D eigenvalue weighted by atomic mass is 10.1. The van der Waals surface area contributed by atoms with Crippen molar-refractivity contribution in [2.24, 2.45) is 0 Å². The van der Waals surface area contributed by atoms with E-state index in [1.54, 1.807) is 13.8 Å². The lowest BCUT2D eigenvalue weighted by Gasteiger charge is -2.11. The number of aryl methyl sites for hydroxylation is 2. The molecule has 0 N–H and O–H groups in total. The molecule has 0 atom stereocenters. The Morgan fingerprint density at radius 1 is 1.33 bits per heavy atom. The van der Waals surface area contributed by atoms with E-state index < -0.39 is 5.92 Å². The SMILES string of the molecule is Cc1cc(C(C)(F)F)cnc1C. The Labute approximate surface area is 70.4 Å². The standard InChI is InChI=1S/C9H11F2N/c1-6-4-8(9(3,10)11)5-12-7(6)2/h4-5H,1-3H3. The van der Waals surface area contributed by atoms with Crippen molar-refractivity contribution >= 4 is 0 Å². The summed E-state index contributed by atoms with van der Waals surface area (Å²) in [5.41, 5.74) is 1.57. The molecule has 1 nitrogen and oxygen atoms in total. The Hall–Kier alpha value is -0.990. The van der Waals surface area contributed by atoms with Crippen molar-refractivity contribution in [3.8, 4) is 0 Å². The van der Waals surface area contributed by atoms with Crippen LogP contribution in [0.1, 0.15) is 23.7 Å². The van der Waals surface area contributed by atoms with Crippen LogP contribution in [0.5, 0.6) is 0 Å². The number of halogens is 2. The van der Waals surface area contributed by atoms with Crippen molar-refractivity contribution in [2.75, 3.05) is 0 Å². The molecule has 1 aromatic rings. The normalized spacial score (nSPS) is 11.8. The zero-order valence-electron chi connectivity index (χ0n) is 7.36. The van der Waals surface area contributed by atoms with Crippen LogP contribution in [0.4, 0.5) is 8.78 Å². The van der Waals surface area contributed by atoms with Gasteiger partial charge in [-0.05, 0) is 25.5 Å². The molecule has 1 rings (SSSR count). The van der Waals surface area contributed by atoms with E-state index in [-0.39, 0.29) is 5.56 Å². The lowest BCUT2D eigenvalue weighted by molar-refractivity contribution is 0.0170. The van der Waals surface area contributed by atoms with Crippen LogP contribution in [0.2, 0.25) is 0 Å². The minimum absolute atomic E-state index is 0.0226. The molecule has 0 saturated carbocycles. The molecule has 0 amide bonds. The van der Waals surface area contributed by atoms with E-state index in [0.717, 1.165) is 18.2 Å². The van der Waals surface area contributed by atoms with Crippen molar-refractivity contribution in [2.45, 2.75) is 26.7 Å². The molecule has 0 aliphatic rings. The van der Waals surface area contributed by atoms with Gasteiger partial charge < -0.3 is 0 Å². The Bertz CT molecular complexity index is 289. The largest absolute Gasteiger partial charge is 0.272 e. The van der Waals surface area contributed by atoms with Gasteiger partial charge in [0.1, 0.15) is 0 Å². The summed E-state index contributed by atoms with van der Waals surface area (Å²) < 4.78 is 25.5. The van der Waals surface area contributed by atoms with Crippen LogP contribution in [-0.4, -0.2) is 4.98 Å². The van der Waals surface area contributed by atoms with Gasteiger partial charge in [-0.1, -0.05) is 0 Å². The first-order valence-corrected chi connectivity index (χ1v) is 3.73. The number of pyridine rings is 1. The molecule has 0 aromatic carbocycles. The molecule has 1 heterocycles. The molecule has 12 heavy (non-hydrogen) atoms. The molecule has 0 spiro atoms. The van der Waals surface area contributed by atoms with Gasteiger partial charge in [-0.3, -0.25) is 4.98 Å². The van der Waals surface area contributed by atoms with Gasteiger partial charge in [0.25, 0.3) is 5.92 Å². The highest BCUT2D eigenvalue weighted by Gasteiger charge is 2.24. The van der Waals surface area contributed by atoms with Crippen molar-refractivity contribution in [3.05, 3.63) is 29.1 Å².